The van der Waals surface area contributed by atoms with Gasteiger partial charge in [-0.3, -0.25) is 0 Å². The summed E-state index contributed by atoms with van der Waals surface area (Å²) in [5, 5.41) is 0.491. The number of rotatable bonds is 2. The minimum absolute atomic E-state index is 0.484. The van der Waals surface area contributed by atoms with Gasteiger partial charge in [0.2, 0.25) is 0 Å². The first-order valence-electron chi connectivity index (χ1n) is 4.06. The minimum Gasteiger partial charge on any atom is -0.302 e. The van der Waals surface area contributed by atoms with Gasteiger partial charge in [0.05, 0.1) is 0 Å². The van der Waals surface area contributed by atoms with Gasteiger partial charge in [0, 0.05) is 11.6 Å². The van der Waals surface area contributed by atoms with Crippen LogP contribution in [0.1, 0.15) is 25.0 Å². The third-order valence-electron chi connectivity index (χ3n) is 2.05. The van der Waals surface area contributed by atoms with Gasteiger partial charge in [0.15, 0.2) is 0 Å². The van der Waals surface area contributed by atoms with Crippen LogP contribution in [0.15, 0.2) is 12.3 Å². The highest BCUT2D eigenvalue weighted by Gasteiger charge is 2.20. The second kappa shape index (κ2) is 3.46. The van der Waals surface area contributed by atoms with Crippen LogP contribution in [0, 0.1) is 6.92 Å². The number of pyridine rings is 1. The zero-order valence-electron chi connectivity index (χ0n) is 7.97. The summed E-state index contributed by atoms with van der Waals surface area (Å²) in [6.07, 6.45) is 2.56. The van der Waals surface area contributed by atoms with Crippen molar-refractivity contribution < 1.29 is 4.79 Å². The molecule has 0 amide bonds. The fourth-order valence-corrected chi connectivity index (χ4v) is 1.08. The van der Waals surface area contributed by atoms with Crippen LogP contribution < -0.4 is 0 Å². The molecule has 0 aromatic carbocycles. The number of hydrogen-bond acceptors (Lipinski definition) is 2. The summed E-state index contributed by atoms with van der Waals surface area (Å²) in [6.45, 7) is 5.58. The normalized spacial score (nSPS) is 11.4. The van der Waals surface area contributed by atoms with E-state index in [0.29, 0.717) is 5.15 Å². The van der Waals surface area contributed by atoms with E-state index in [4.69, 9.17) is 11.6 Å². The van der Waals surface area contributed by atoms with Gasteiger partial charge in [0.1, 0.15) is 11.4 Å². The Hall–Kier alpha value is -0.890. The van der Waals surface area contributed by atoms with Crippen LogP contribution >= 0.6 is 11.6 Å². The zero-order valence-corrected chi connectivity index (χ0v) is 8.72. The van der Waals surface area contributed by atoms with E-state index < -0.39 is 5.41 Å². The molecule has 0 aliphatic rings. The molecule has 13 heavy (non-hydrogen) atoms. The van der Waals surface area contributed by atoms with Gasteiger partial charge in [-0.2, -0.15) is 0 Å². The predicted molar refractivity (Wildman–Crippen MR) is 53.1 cm³/mol. The van der Waals surface area contributed by atoms with Gasteiger partial charge in [-0.15, -0.1) is 0 Å². The highest BCUT2D eigenvalue weighted by atomic mass is 35.5. The lowest BCUT2D eigenvalue weighted by Crippen LogP contribution is -2.19. The lowest BCUT2D eigenvalue weighted by Gasteiger charge is -2.17. The molecule has 0 aliphatic carbocycles. The zero-order chi connectivity index (χ0) is 10.1. The Kier molecular flexibility index (Phi) is 2.71. The molecule has 3 heteroatoms. The Balaban J connectivity index is 3.18. The Labute approximate surface area is 82.9 Å². The maximum Gasteiger partial charge on any atom is 0.131 e. The summed E-state index contributed by atoms with van der Waals surface area (Å²) in [5.41, 5.74) is 1.31. The number of aromatic nitrogens is 1. The molecule has 0 unspecified atom stereocenters. The van der Waals surface area contributed by atoms with Crippen molar-refractivity contribution in [3.63, 3.8) is 0 Å². The molecule has 0 saturated carbocycles. The number of aldehydes is 1. The van der Waals surface area contributed by atoms with Gasteiger partial charge in [-0.05, 0) is 31.9 Å². The third-order valence-corrected chi connectivity index (χ3v) is 2.45. The van der Waals surface area contributed by atoms with Crippen LogP contribution in [0.3, 0.4) is 0 Å². The van der Waals surface area contributed by atoms with Crippen LogP contribution in [0.5, 0.6) is 0 Å². The maximum atomic E-state index is 10.8. The molecule has 0 saturated heterocycles. The summed E-state index contributed by atoms with van der Waals surface area (Å²) in [4.78, 5) is 14.8. The molecule has 1 heterocycles. The van der Waals surface area contributed by atoms with Crippen LogP contribution in [0.2, 0.25) is 5.15 Å². The molecule has 70 valence electrons. The molecular weight excluding hydrogens is 186 g/mol. The van der Waals surface area contributed by atoms with Crippen molar-refractivity contribution in [2.24, 2.45) is 0 Å². The van der Waals surface area contributed by atoms with Crippen LogP contribution in [-0.2, 0) is 10.2 Å². The Morgan fingerprint density at radius 3 is 2.62 bits per heavy atom. The molecule has 0 N–H and O–H groups in total. The van der Waals surface area contributed by atoms with E-state index in [-0.39, 0.29) is 0 Å². The van der Waals surface area contributed by atoms with Crippen molar-refractivity contribution in [3.05, 3.63) is 28.5 Å². The van der Waals surface area contributed by atoms with E-state index in [2.05, 4.69) is 4.98 Å². The quantitative estimate of drug-likeness (QED) is 0.539. The molecule has 0 fully saturated rings. The first-order chi connectivity index (χ1) is 5.97. The average Bonchev–Trinajstić information content (AvgIpc) is 2.09. The molecule has 0 atom stereocenters. The molecule has 2 nitrogen and oxygen atoms in total. The van der Waals surface area contributed by atoms with E-state index in [9.17, 15) is 4.79 Å². The maximum absolute atomic E-state index is 10.8. The van der Waals surface area contributed by atoms with E-state index in [1.807, 2.05) is 26.8 Å². The second-order valence-electron chi connectivity index (χ2n) is 3.67. The van der Waals surface area contributed by atoms with E-state index >= 15 is 0 Å². The summed E-state index contributed by atoms with van der Waals surface area (Å²) in [5.74, 6) is 0. The van der Waals surface area contributed by atoms with Gasteiger partial charge < -0.3 is 4.79 Å². The van der Waals surface area contributed by atoms with Crippen LogP contribution in [-0.4, -0.2) is 11.3 Å². The first-order valence-corrected chi connectivity index (χ1v) is 4.44. The summed E-state index contributed by atoms with van der Waals surface area (Å²) < 4.78 is 0. The highest BCUT2D eigenvalue weighted by molar-refractivity contribution is 6.30. The monoisotopic (exact) mass is 197 g/mol. The molecule has 0 radical (unpaired) electrons. The van der Waals surface area contributed by atoms with Crippen molar-refractivity contribution >= 4 is 17.9 Å². The van der Waals surface area contributed by atoms with Gasteiger partial charge >= 0.3 is 0 Å². The smallest absolute Gasteiger partial charge is 0.131 e. The number of hydrogen-bond donors (Lipinski definition) is 0. The largest absolute Gasteiger partial charge is 0.302 e. The average molecular weight is 198 g/mol. The van der Waals surface area contributed by atoms with Gasteiger partial charge in [-0.1, -0.05) is 17.7 Å². The van der Waals surface area contributed by atoms with Gasteiger partial charge in [-0.25, -0.2) is 4.98 Å². The molecule has 1 aromatic rings. The van der Waals surface area contributed by atoms with Crippen LogP contribution in [0.25, 0.3) is 0 Å². The molecule has 0 spiro atoms. The van der Waals surface area contributed by atoms with E-state index in [1.54, 1.807) is 6.20 Å². The number of halogens is 1. The van der Waals surface area contributed by atoms with Crippen molar-refractivity contribution in [2.75, 3.05) is 0 Å². The fraction of sp³-hybridized carbons (Fsp3) is 0.400. The Bertz CT molecular complexity index is 334. The summed E-state index contributed by atoms with van der Waals surface area (Å²) in [7, 11) is 0. The second-order valence-corrected chi connectivity index (χ2v) is 4.03. The van der Waals surface area contributed by atoms with Crippen LogP contribution in [0.4, 0.5) is 0 Å². The minimum atomic E-state index is -0.484. The van der Waals surface area contributed by atoms with Crippen molar-refractivity contribution in [1.82, 2.24) is 4.98 Å². The molecule has 0 bridgehead atoms. The van der Waals surface area contributed by atoms with Crippen molar-refractivity contribution in [2.45, 2.75) is 26.2 Å². The molecule has 1 rings (SSSR count). The SMILES string of the molecule is Cc1cc(C(C)(C)C=O)cnc1Cl. The van der Waals surface area contributed by atoms with Gasteiger partial charge in [0.25, 0.3) is 0 Å². The molecule has 0 aliphatic heterocycles. The number of carbonyl (C=O) groups excluding carboxylic acids is 1. The fourth-order valence-electron chi connectivity index (χ4n) is 0.979. The van der Waals surface area contributed by atoms with E-state index in [1.165, 1.54) is 0 Å². The standard InChI is InChI=1S/C10H12ClNO/c1-7-4-8(5-12-9(7)11)10(2,3)6-13/h4-6H,1-3H3. The van der Waals surface area contributed by atoms with Crippen molar-refractivity contribution in [1.29, 1.82) is 0 Å². The van der Waals surface area contributed by atoms with E-state index in [0.717, 1.165) is 17.4 Å². The lowest BCUT2D eigenvalue weighted by atomic mass is 9.87. The first kappa shape index (κ1) is 10.2. The highest BCUT2D eigenvalue weighted by Crippen LogP contribution is 2.23. The molecule has 1 aromatic heterocycles. The third kappa shape index (κ3) is 2.07. The Morgan fingerprint density at radius 1 is 1.54 bits per heavy atom. The topological polar surface area (TPSA) is 30.0 Å². The summed E-state index contributed by atoms with van der Waals surface area (Å²) in [6, 6.07) is 1.89. The predicted octanol–water partition coefficient (Wildman–Crippen LogP) is 2.52. The molecular formula is C10H12ClNO. The number of aryl methyl sites for hydroxylation is 1. The number of carbonyl (C=O) groups is 1. The van der Waals surface area contributed by atoms with Crippen molar-refractivity contribution in [3.8, 4) is 0 Å². The lowest BCUT2D eigenvalue weighted by molar-refractivity contribution is -0.111. The summed E-state index contributed by atoms with van der Waals surface area (Å²) >= 11 is 5.77. The number of nitrogens with zero attached hydrogens (tertiary/aromatic N) is 1. The Morgan fingerprint density at radius 2 is 2.15 bits per heavy atom.